The number of phenolic OH excluding ortho intramolecular Hbond substituents is 1. The Balaban J connectivity index is 1.89. The molecule has 1 aromatic heterocycles. The van der Waals surface area contributed by atoms with Crippen molar-refractivity contribution in [2.75, 3.05) is 6.61 Å². The van der Waals surface area contributed by atoms with Gasteiger partial charge in [0, 0.05) is 0 Å². The van der Waals surface area contributed by atoms with Gasteiger partial charge in [-0.1, -0.05) is 12.1 Å². The molecule has 2 rings (SSSR count). The van der Waals surface area contributed by atoms with Crippen molar-refractivity contribution in [1.82, 2.24) is 20.5 Å². The number of phenols is 1. The lowest BCUT2D eigenvalue weighted by Crippen LogP contribution is -2.40. The Morgan fingerprint density at radius 2 is 2.10 bits per heavy atom. The maximum Gasteiger partial charge on any atom is 0.228 e. The number of aryl methyl sites for hydroxylation is 1. The van der Waals surface area contributed by atoms with Crippen molar-refractivity contribution in [2.24, 2.45) is 0 Å². The summed E-state index contributed by atoms with van der Waals surface area (Å²) in [5, 5.41) is 27.9. The van der Waals surface area contributed by atoms with Crippen molar-refractivity contribution in [3.8, 4) is 5.75 Å². The number of aromatic hydroxyl groups is 1. The smallest absolute Gasteiger partial charge is 0.228 e. The summed E-state index contributed by atoms with van der Waals surface area (Å²) >= 11 is 0. The molecule has 7 heteroatoms. The minimum absolute atomic E-state index is 0.0659. The Kier molecular flexibility index (Phi) is 4.89. The summed E-state index contributed by atoms with van der Waals surface area (Å²) < 4.78 is 0. The summed E-state index contributed by atoms with van der Waals surface area (Å²) in [6, 6.07) is 6.26. The average molecular weight is 290 g/mol. The van der Waals surface area contributed by atoms with Crippen molar-refractivity contribution < 1.29 is 15.0 Å². The third-order valence-electron chi connectivity index (χ3n) is 2.97. The van der Waals surface area contributed by atoms with Crippen molar-refractivity contribution in [3.63, 3.8) is 0 Å². The minimum atomic E-state index is -0.387. The molecular weight excluding hydrogens is 272 g/mol. The number of benzene rings is 1. The van der Waals surface area contributed by atoms with Gasteiger partial charge in [0.2, 0.25) is 5.91 Å². The van der Waals surface area contributed by atoms with Crippen LogP contribution in [0.3, 0.4) is 0 Å². The topological polar surface area (TPSA) is 111 Å². The predicted octanol–water partition coefficient (Wildman–Crippen LogP) is 0.0810. The van der Waals surface area contributed by atoms with E-state index in [-0.39, 0.29) is 30.7 Å². The molecule has 4 N–H and O–H groups in total. The van der Waals surface area contributed by atoms with Gasteiger partial charge >= 0.3 is 0 Å². The summed E-state index contributed by atoms with van der Waals surface area (Å²) in [5.41, 5.74) is 0.917. The molecule has 112 valence electrons. The van der Waals surface area contributed by atoms with Crippen LogP contribution >= 0.6 is 0 Å². The molecule has 0 aliphatic heterocycles. The van der Waals surface area contributed by atoms with Gasteiger partial charge in [-0.25, -0.2) is 4.98 Å². The van der Waals surface area contributed by atoms with Crippen LogP contribution in [0.25, 0.3) is 0 Å². The standard InChI is InChI=1S/C14H18N4O3/c1-9-15-13(18-17-9)7-14(21)16-11(8-19)6-10-2-4-12(20)5-3-10/h2-5,11,19-20H,6-8H2,1H3,(H,16,21)(H,15,17,18)/t11-/m0/s1. The Bertz CT molecular complexity index is 595. The van der Waals surface area contributed by atoms with Crippen LogP contribution in [0.1, 0.15) is 17.2 Å². The highest BCUT2D eigenvalue weighted by Crippen LogP contribution is 2.11. The quantitative estimate of drug-likeness (QED) is 0.602. The summed E-state index contributed by atoms with van der Waals surface area (Å²) in [7, 11) is 0. The van der Waals surface area contributed by atoms with Crippen LogP contribution in [0, 0.1) is 6.92 Å². The second kappa shape index (κ2) is 6.85. The molecule has 0 spiro atoms. The van der Waals surface area contributed by atoms with Crippen molar-refractivity contribution in [1.29, 1.82) is 0 Å². The van der Waals surface area contributed by atoms with Crippen molar-refractivity contribution >= 4 is 5.91 Å². The lowest BCUT2D eigenvalue weighted by molar-refractivity contribution is -0.121. The van der Waals surface area contributed by atoms with Crippen LogP contribution in [0.2, 0.25) is 0 Å². The first-order valence-electron chi connectivity index (χ1n) is 6.63. The van der Waals surface area contributed by atoms with Gasteiger partial charge in [-0.15, -0.1) is 0 Å². The second-order valence-electron chi connectivity index (χ2n) is 4.83. The summed E-state index contributed by atoms with van der Waals surface area (Å²) in [6.45, 7) is 1.59. The fourth-order valence-corrected chi connectivity index (χ4v) is 1.97. The fourth-order valence-electron chi connectivity index (χ4n) is 1.97. The van der Waals surface area contributed by atoms with E-state index < -0.39 is 0 Å². The molecule has 0 unspecified atom stereocenters. The summed E-state index contributed by atoms with van der Waals surface area (Å²) in [4.78, 5) is 15.9. The molecule has 7 nitrogen and oxygen atoms in total. The molecule has 1 heterocycles. The van der Waals surface area contributed by atoms with E-state index in [4.69, 9.17) is 0 Å². The Hall–Kier alpha value is -2.41. The molecule has 0 aliphatic rings. The van der Waals surface area contributed by atoms with E-state index >= 15 is 0 Å². The Morgan fingerprint density at radius 1 is 1.38 bits per heavy atom. The van der Waals surface area contributed by atoms with E-state index in [9.17, 15) is 15.0 Å². The van der Waals surface area contributed by atoms with Gasteiger partial charge in [0.25, 0.3) is 0 Å². The van der Waals surface area contributed by atoms with E-state index in [1.807, 2.05) is 0 Å². The van der Waals surface area contributed by atoms with Crippen LogP contribution in [0.4, 0.5) is 0 Å². The fraction of sp³-hybridized carbons (Fsp3) is 0.357. The zero-order chi connectivity index (χ0) is 15.2. The van der Waals surface area contributed by atoms with Crippen molar-refractivity contribution in [2.45, 2.75) is 25.8 Å². The first-order valence-corrected chi connectivity index (χ1v) is 6.63. The van der Waals surface area contributed by atoms with Crippen molar-refractivity contribution in [3.05, 3.63) is 41.5 Å². The number of hydrogen-bond donors (Lipinski definition) is 4. The Labute approximate surface area is 122 Å². The minimum Gasteiger partial charge on any atom is -0.508 e. The molecule has 0 radical (unpaired) electrons. The van der Waals surface area contributed by atoms with E-state index in [0.717, 1.165) is 5.56 Å². The molecule has 21 heavy (non-hydrogen) atoms. The SMILES string of the molecule is Cc1nc(CC(=O)N[C@H](CO)Cc2ccc(O)cc2)n[nH]1. The summed E-state index contributed by atoms with van der Waals surface area (Å²) in [5.74, 6) is 1.02. The van der Waals surface area contributed by atoms with Gasteiger partial charge in [-0.2, -0.15) is 5.10 Å². The number of amides is 1. The zero-order valence-corrected chi connectivity index (χ0v) is 11.7. The number of aliphatic hydroxyl groups is 1. The number of aliphatic hydroxyl groups excluding tert-OH is 1. The maximum absolute atomic E-state index is 11.9. The number of carbonyl (C=O) groups excluding carboxylic acids is 1. The molecule has 2 aromatic rings. The van der Waals surface area contributed by atoms with Crippen LogP contribution in [-0.2, 0) is 17.6 Å². The normalized spacial score (nSPS) is 12.1. The third kappa shape index (κ3) is 4.57. The van der Waals surface area contributed by atoms with Crippen LogP contribution in [0.15, 0.2) is 24.3 Å². The van der Waals surface area contributed by atoms with E-state index in [0.29, 0.717) is 18.1 Å². The van der Waals surface area contributed by atoms with Gasteiger partial charge < -0.3 is 15.5 Å². The molecule has 0 aliphatic carbocycles. The van der Waals surface area contributed by atoms with Crippen LogP contribution in [0.5, 0.6) is 5.75 Å². The first kappa shape index (κ1) is 15.0. The highest BCUT2D eigenvalue weighted by Gasteiger charge is 2.14. The largest absolute Gasteiger partial charge is 0.508 e. The second-order valence-corrected chi connectivity index (χ2v) is 4.83. The van der Waals surface area contributed by atoms with Crippen LogP contribution in [-0.4, -0.2) is 44.0 Å². The molecule has 0 bridgehead atoms. The monoisotopic (exact) mass is 290 g/mol. The highest BCUT2D eigenvalue weighted by atomic mass is 16.3. The molecule has 0 fully saturated rings. The van der Waals surface area contributed by atoms with E-state index in [1.165, 1.54) is 0 Å². The molecule has 0 saturated carbocycles. The molecule has 1 amide bonds. The molecule has 1 aromatic carbocycles. The Morgan fingerprint density at radius 3 is 2.67 bits per heavy atom. The number of H-pyrrole nitrogens is 1. The molecule has 1 atom stereocenters. The highest BCUT2D eigenvalue weighted by molar-refractivity contribution is 5.78. The molecule has 0 saturated heterocycles. The average Bonchev–Trinajstić information content (AvgIpc) is 2.85. The number of hydrogen-bond acceptors (Lipinski definition) is 5. The zero-order valence-electron chi connectivity index (χ0n) is 11.7. The van der Waals surface area contributed by atoms with Crippen LogP contribution < -0.4 is 5.32 Å². The predicted molar refractivity (Wildman–Crippen MR) is 75.7 cm³/mol. The van der Waals surface area contributed by atoms with E-state index in [1.54, 1.807) is 31.2 Å². The first-order chi connectivity index (χ1) is 10.1. The van der Waals surface area contributed by atoms with E-state index in [2.05, 4.69) is 20.5 Å². The third-order valence-corrected chi connectivity index (χ3v) is 2.97. The number of nitrogens with zero attached hydrogens (tertiary/aromatic N) is 2. The maximum atomic E-state index is 11.9. The van der Waals surface area contributed by atoms with Gasteiger partial charge in [0.15, 0.2) is 5.82 Å². The van der Waals surface area contributed by atoms with Gasteiger partial charge in [0.05, 0.1) is 19.1 Å². The van der Waals surface area contributed by atoms with Gasteiger partial charge in [-0.3, -0.25) is 9.89 Å². The number of aromatic amines is 1. The molecular formula is C14H18N4O3. The van der Waals surface area contributed by atoms with Gasteiger partial charge in [-0.05, 0) is 31.0 Å². The number of carbonyl (C=O) groups is 1. The lowest BCUT2D eigenvalue weighted by Gasteiger charge is -2.16. The van der Waals surface area contributed by atoms with Gasteiger partial charge in [0.1, 0.15) is 11.6 Å². The number of rotatable bonds is 6. The summed E-state index contributed by atoms with van der Waals surface area (Å²) in [6.07, 6.45) is 0.548. The lowest BCUT2D eigenvalue weighted by atomic mass is 10.1. The number of aromatic nitrogens is 3. The number of nitrogens with one attached hydrogen (secondary N) is 2.